The summed E-state index contributed by atoms with van der Waals surface area (Å²) in [5.41, 5.74) is 1.17. The Morgan fingerprint density at radius 3 is 2.22 bits per heavy atom. The van der Waals surface area contributed by atoms with E-state index in [4.69, 9.17) is 16.3 Å². The van der Waals surface area contributed by atoms with Crippen molar-refractivity contribution in [1.82, 2.24) is 0 Å². The summed E-state index contributed by atoms with van der Waals surface area (Å²) in [5.74, 6) is -0.337. The quantitative estimate of drug-likeness (QED) is 0.876. The predicted molar refractivity (Wildman–Crippen MR) is 88.4 cm³/mol. The number of amides is 2. The molecule has 23 heavy (non-hydrogen) atoms. The summed E-state index contributed by atoms with van der Waals surface area (Å²) in [5, 5.41) is 2.77. The van der Waals surface area contributed by atoms with Gasteiger partial charge in [0.1, 0.15) is 16.5 Å². The molecule has 3 rings (SSSR count). The minimum atomic E-state index is -0.543. The Labute approximate surface area is 138 Å². The van der Waals surface area contributed by atoms with Crippen molar-refractivity contribution in [3.05, 3.63) is 65.3 Å². The maximum Gasteiger partial charge on any atom is 0.283 e. The molecule has 116 valence electrons. The number of para-hydroxylation sites is 1. The van der Waals surface area contributed by atoms with E-state index in [1.54, 1.807) is 61.7 Å². The molecular formula is C17H13ClN2O3. The van der Waals surface area contributed by atoms with Gasteiger partial charge in [0.2, 0.25) is 0 Å². The fraction of sp³-hybridized carbons (Fsp3) is 0.0588. The number of hydrogen-bond acceptors (Lipinski definition) is 4. The van der Waals surface area contributed by atoms with Crippen LogP contribution in [0, 0.1) is 0 Å². The zero-order valence-corrected chi connectivity index (χ0v) is 13.0. The molecule has 0 saturated carbocycles. The number of rotatable bonds is 4. The number of carbonyl (C=O) groups is 2. The van der Waals surface area contributed by atoms with E-state index in [1.807, 2.05) is 0 Å². The number of nitrogens with one attached hydrogen (secondary N) is 1. The lowest BCUT2D eigenvalue weighted by molar-refractivity contribution is -0.120. The van der Waals surface area contributed by atoms with Crippen LogP contribution in [0.3, 0.4) is 0 Å². The lowest BCUT2D eigenvalue weighted by Gasteiger charge is -2.14. The molecule has 1 aliphatic heterocycles. The molecular weight excluding hydrogens is 316 g/mol. The second-order valence-corrected chi connectivity index (χ2v) is 5.20. The Hall–Kier alpha value is -2.79. The van der Waals surface area contributed by atoms with Gasteiger partial charge in [-0.05, 0) is 36.4 Å². The monoisotopic (exact) mass is 328 g/mol. The van der Waals surface area contributed by atoms with E-state index in [1.165, 1.54) is 0 Å². The summed E-state index contributed by atoms with van der Waals surface area (Å²) in [6, 6.07) is 15.6. The summed E-state index contributed by atoms with van der Waals surface area (Å²) in [4.78, 5) is 25.9. The SMILES string of the molecule is COc1ccc(NC2=C(Cl)C(=O)N(c3ccccc3)C2=O)cc1. The number of carbonyl (C=O) groups excluding carboxylic acids is 2. The topological polar surface area (TPSA) is 58.6 Å². The molecule has 0 bridgehead atoms. The Kier molecular flexibility index (Phi) is 4.04. The third-order valence-electron chi connectivity index (χ3n) is 3.40. The van der Waals surface area contributed by atoms with Gasteiger partial charge in [-0.2, -0.15) is 0 Å². The van der Waals surface area contributed by atoms with Crippen LogP contribution in [0.1, 0.15) is 0 Å². The van der Waals surface area contributed by atoms with Crippen LogP contribution in [-0.2, 0) is 9.59 Å². The molecule has 0 radical (unpaired) electrons. The highest BCUT2D eigenvalue weighted by Crippen LogP contribution is 2.30. The van der Waals surface area contributed by atoms with Crippen LogP contribution in [0.25, 0.3) is 0 Å². The maximum atomic E-state index is 12.5. The Balaban J connectivity index is 1.87. The van der Waals surface area contributed by atoms with Crippen molar-refractivity contribution in [1.29, 1.82) is 0 Å². The van der Waals surface area contributed by atoms with Crippen LogP contribution in [0.4, 0.5) is 11.4 Å². The number of hydrogen-bond donors (Lipinski definition) is 1. The summed E-state index contributed by atoms with van der Waals surface area (Å²) in [6.45, 7) is 0. The largest absolute Gasteiger partial charge is 0.497 e. The number of halogens is 1. The van der Waals surface area contributed by atoms with E-state index in [0.717, 1.165) is 4.90 Å². The van der Waals surface area contributed by atoms with Crippen LogP contribution >= 0.6 is 11.6 Å². The third-order valence-corrected chi connectivity index (χ3v) is 3.75. The first-order valence-corrected chi connectivity index (χ1v) is 7.24. The molecule has 0 aliphatic carbocycles. The molecule has 0 aromatic heterocycles. The number of nitrogens with zero attached hydrogens (tertiary/aromatic N) is 1. The normalized spacial score (nSPS) is 14.4. The standard InChI is InChI=1S/C17H13ClN2O3/c1-23-13-9-7-11(8-10-13)19-15-14(18)16(21)20(17(15)22)12-5-3-2-4-6-12/h2-10,19H,1H3. The summed E-state index contributed by atoms with van der Waals surface area (Å²) >= 11 is 6.06. The molecule has 2 aromatic rings. The van der Waals surface area contributed by atoms with Gasteiger partial charge in [0, 0.05) is 5.69 Å². The number of ether oxygens (including phenoxy) is 1. The fourth-order valence-corrected chi connectivity index (χ4v) is 2.45. The van der Waals surface area contributed by atoms with Crippen LogP contribution in [0.5, 0.6) is 5.75 Å². The van der Waals surface area contributed by atoms with E-state index in [0.29, 0.717) is 17.1 Å². The zero-order chi connectivity index (χ0) is 16.4. The Morgan fingerprint density at radius 2 is 1.61 bits per heavy atom. The third kappa shape index (κ3) is 2.78. The van der Waals surface area contributed by atoms with Crippen molar-refractivity contribution in [2.45, 2.75) is 0 Å². The van der Waals surface area contributed by atoms with Gasteiger partial charge in [-0.1, -0.05) is 29.8 Å². The van der Waals surface area contributed by atoms with Gasteiger partial charge < -0.3 is 10.1 Å². The second kappa shape index (κ2) is 6.14. The first-order chi connectivity index (χ1) is 11.1. The average Bonchev–Trinajstić information content (AvgIpc) is 2.80. The first-order valence-electron chi connectivity index (χ1n) is 6.86. The van der Waals surface area contributed by atoms with Crippen molar-refractivity contribution >= 4 is 34.8 Å². The highest BCUT2D eigenvalue weighted by Gasteiger charge is 2.38. The number of methoxy groups -OCH3 is 1. The minimum Gasteiger partial charge on any atom is -0.497 e. The molecule has 0 atom stereocenters. The number of benzene rings is 2. The summed E-state index contributed by atoms with van der Waals surface area (Å²) in [6.07, 6.45) is 0. The highest BCUT2D eigenvalue weighted by atomic mass is 35.5. The lowest BCUT2D eigenvalue weighted by atomic mass is 10.2. The van der Waals surface area contributed by atoms with Crippen molar-refractivity contribution in [2.24, 2.45) is 0 Å². The maximum absolute atomic E-state index is 12.5. The summed E-state index contributed by atoms with van der Waals surface area (Å²) < 4.78 is 5.08. The van der Waals surface area contributed by atoms with Crippen LogP contribution in [0.15, 0.2) is 65.3 Å². The van der Waals surface area contributed by atoms with Crippen molar-refractivity contribution in [3.8, 4) is 5.75 Å². The fourth-order valence-electron chi connectivity index (χ4n) is 2.24. The van der Waals surface area contributed by atoms with E-state index in [9.17, 15) is 9.59 Å². The molecule has 0 spiro atoms. The second-order valence-electron chi connectivity index (χ2n) is 4.82. The lowest BCUT2D eigenvalue weighted by Crippen LogP contribution is -2.32. The number of imide groups is 1. The van der Waals surface area contributed by atoms with Crippen molar-refractivity contribution in [2.75, 3.05) is 17.3 Å². The predicted octanol–water partition coefficient (Wildman–Crippen LogP) is 3.13. The summed E-state index contributed by atoms with van der Waals surface area (Å²) in [7, 11) is 1.57. The van der Waals surface area contributed by atoms with E-state index in [2.05, 4.69) is 5.32 Å². The van der Waals surface area contributed by atoms with E-state index in [-0.39, 0.29) is 10.7 Å². The average molecular weight is 329 g/mol. The Bertz CT molecular complexity index is 785. The molecule has 1 N–H and O–H groups in total. The molecule has 5 nitrogen and oxygen atoms in total. The van der Waals surface area contributed by atoms with Gasteiger partial charge in [-0.3, -0.25) is 9.59 Å². The molecule has 2 aromatic carbocycles. The van der Waals surface area contributed by atoms with Gasteiger partial charge >= 0.3 is 0 Å². The molecule has 0 unspecified atom stereocenters. The highest BCUT2D eigenvalue weighted by molar-refractivity contribution is 6.53. The van der Waals surface area contributed by atoms with Gasteiger partial charge in [0.05, 0.1) is 12.8 Å². The van der Waals surface area contributed by atoms with Crippen LogP contribution in [0.2, 0.25) is 0 Å². The van der Waals surface area contributed by atoms with E-state index < -0.39 is 11.8 Å². The van der Waals surface area contributed by atoms with Gasteiger partial charge in [-0.15, -0.1) is 0 Å². The van der Waals surface area contributed by atoms with Crippen LogP contribution < -0.4 is 15.0 Å². The molecule has 2 amide bonds. The van der Waals surface area contributed by atoms with Crippen LogP contribution in [-0.4, -0.2) is 18.9 Å². The van der Waals surface area contributed by atoms with E-state index >= 15 is 0 Å². The van der Waals surface area contributed by atoms with Crippen molar-refractivity contribution < 1.29 is 14.3 Å². The molecule has 0 fully saturated rings. The molecule has 6 heteroatoms. The van der Waals surface area contributed by atoms with Gasteiger partial charge in [0.15, 0.2) is 0 Å². The smallest absolute Gasteiger partial charge is 0.283 e. The Morgan fingerprint density at radius 1 is 0.957 bits per heavy atom. The first kappa shape index (κ1) is 15.1. The zero-order valence-electron chi connectivity index (χ0n) is 12.2. The molecule has 0 saturated heterocycles. The minimum absolute atomic E-state index is 0.0608. The van der Waals surface area contributed by atoms with Gasteiger partial charge in [-0.25, -0.2) is 4.90 Å². The molecule has 1 aliphatic rings. The van der Waals surface area contributed by atoms with Crippen molar-refractivity contribution in [3.63, 3.8) is 0 Å². The molecule has 1 heterocycles. The number of anilines is 2. The van der Waals surface area contributed by atoms with Gasteiger partial charge in [0.25, 0.3) is 11.8 Å².